The molecule has 1 aliphatic carbocycles. The summed E-state index contributed by atoms with van der Waals surface area (Å²) in [5.41, 5.74) is 0. The lowest BCUT2D eigenvalue weighted by atomic mass is 9.74. The Labute approximate surface area is 129 Å². The number of carbonyl (C=O) groups is 1. The standard InChI is InChI=1S/C18H31NO2/c1-12(2)11-13(3)15-7-5-6-8-17(15)19-18(20)16-9-10-21-14(16)4/h9-10,12-17H,5-8,11H2,1-4H3,(H,19,20). The SMILES string of the molecule is CC(C)CC(C)C1CCCCC1NC(=O)C1C=COC1C. The molecule has 0 saturated heterocycles. The first kappa shape index (κ1) is 16.4. The molecule has 21 heavy (non-hydrogen) atoms. The van der Waals surface area contributed by atoms with Gasteiger partial charge in [0.2, 0.25) is 5.91 Å². The summed E-state index contributed by atoms with van der Waals surface area (Å²) in [5.74, 6) is 2.07. The van der Waals surface area contributed by atoms with Crippen LogP contribution in [0.4, 0.5) is 0 Å². The van der Waals surface area contributed by atoms with Crippen LogP contribution in [0, 0.1) is 23.7 Å². The molecule has 0 aromatic rings. The van der Waals surface area contributed by atoms with E-state index < -0.39 is 0 Å². The average molecular weight is 293 g/mol. The number of amides is 1. The fourth-order valence-electron chi connectivity index (χ4n) is 4.01. The highest BCUT2D eigenvalue weighted by molar-refractivity contribution is 5.81. The van der Waals surface area contributed by atoms with E-state index in [1.165, 1.54) is 25.7 Å². The van der Waals surface area contributed by atoms with Crippen LogP contribution in [-0.4, -0.2) is 18.1 Å². The highest BCUT2D eigenvalue weighted by Gasteiger charge is 2.34. The first-order chi connectivity index (χ1) is 9.99. The van der Waals surface area contributed by atoms with Crippen molar-refractivity contribution in [1.29, 1.82) is 0 Å². The zero-order valence-electron chi connectivity index (χ0n) is 14.0. The molecular weight excluding hydrogens is 262 g/mol. The van der Waals surface area contributed by atoms with Crippen LogP contribution in [0.2, 0.25) is 0 Å². The summed E-state index contributed by atoms with van der Waals surface area (Å²) in [7, 11) is 0. The predicted molar refractivity (Wildman–Crippen MR) is 85.7 cm³/mol. The van der Waals surface area contributed by atoms with E-state index >= 15 is 0 Å². The Balaban J connectivity index is 1.95. The van der Waals surface area contributed by atoms with Gasteiger partial charge in [0.1, 0.15) is 6.10 Å². The number of hydrogen-bond acceptors (Lipinski definition) is 2. The summed E-state index contributed by atoms with van der Waals surface area (Å²) in [4.78, 5) is 12.5. The third kappa shape index (κ3) is 4.24. The van der Waals surface area contributed by atoms with Crippen LogP contribution in [-0.2, 0) is 9.53 Å². The van der Waals surface area contributed by atoms with Crippen molar-refractivity contribution in [2.24, 2.45) is 23.7 Å². The second-order valence-corrected chi connectivity index (χ2v) is 7.37. The van der Waals surface area contributed by atoms with Crippen LogP contribution < -0.4 is 5.32 Å². The van der Waals surface area contributed by atoms with Crippen LogP contribution >= 0.6 is 0 Å². The molecule has 5 atom stereocenters. The van der Waals surface area contributed by atoms with Gasteiger partial charge in [-0.2, -0.15) is 0 Å². The van der Waals surface area contributed by atoms with E-state index in [4.69, 9.17) is 4.74 Å². The molecule has 120 valence electrons. The molecule has 0 spiro atoms. The van der Waals surface area contributed by atoms with Crippen molar-refractivity contribution in [2.75, 3.05) is 0 Å². The average Bonchev–Trinajstić information content (AvgIpc) is 2.84. The molecule has 1 aliphatic heterocycles. The van der Waals surface area contributed by atoms with E-state index in [-0.39, 0.29) is 17.9 Å². The Bertz CT molecular complexity index is 377. The Morgan fingerprint density at radius 3 is 2.62 bits per heavy atom. The van der Waals surface area contributed by atoms with Crippen LogP contribution in [0.15, 0.2) is 12.3 Å². The zero-order chi connectivity index (χ0) is 15.4. The summed E-state index contributed by atoms with van der Waals surface area (Å²) in [6.07, 6.45) is 9.70. The van der Waals surface area contributed by atoms with E-state index in [0.717, 1.165) is 12.3 Å². The minimum Gasteiger partial charge on any atom is -0.497 e. The molecule has 1 fully saturated rings. The quantitative estimate of drug-likeness (QED) is 0.835. The van der Waals surface area contributed by atoms with Crippen molar-refractivity contribution in [1.82, 2.24) is 5.32 Å². The van der Waals surface area contributed by atoms with Gasteiger partial charge in [-0.3, -0.25) is 4.79 Å². The first-order valence-corrected chi connectivity index (χ1v) is 8.61. The van der Waals surface area contributed by atoms with Crippen LogP contribution in [0.3, 0.4) is 0 Å². The fraction of sp³-hybridized carbons (Fsp3) is 0.833. The molecule has 0 aromatic carbocycles. The third-order valence-electron chi connectivity index (χ3n) is 5.11. The molecule has 1 amide bonds. The molecule has 5 unspecified atom stereocenters. The Morgan fingerprint density at radius 2 is 2.00 bits per heavy atom. The van der Waals surface area contributed by atoms with Crippen LogP contribution in [0.25, 0.3) is 0 Å². The number of carbonyl (C=O) groups excluding carboxylic acids is 1. The molecule has 2 aliphatic rings. The lowest BCUT2D eigenvalue weighted by Crippen LogP contribution is -2.47. The highest BCUT2D eigenvalue weighted by atomic mass is 16.5. The van der Waals surface area contributed by atoms with E-state index in [9.17, 15) is 4.79 Å². The Kier molecular flexibility index (Phi) is 5.72. The van der Waals surface area contributed by atoms with Crippen LogP contribution in [0.1, 0.15) is 59.8 Å². The van der Waals surface area contributed by atoms with Gasteiger partial charge in [-0.1, -0.05) is 33.6 Å². The number of hydrogen-bond donors (Lipinski definition) is 1. The summed E-state index contributed by atoms with van der Waals surface area (Å²) in [6.45, 7) is 8.89. The normalized spacial score (nSPS) is 33.8. The van der Waals surface area contributed by atoms with Gasteiger partial charge in [-0.05, 0) is 50.0 Å². The van der Waals surface area contributed by atoms with Crippen molar-refractivity contribution in [3.63, 3.8) is 0 Å². The van der Waals surface area contributed by atoms with E-state index in [1.807, 2.05) is 13.0 Å². The number of nitrogens with one attached hydrogen (secondary N) is 1. The van der Waals surface area contributed by atoms with Gasteiger partial charge >= 0.3 is 0 Å². The predicted octanol–water partition coefficient (Wildman–Crippen LogP) is 3.89. The lowest BCUT2D eigenvalue weighted by Gasteiger charge is -2.37. The molecule has 2 rings (SSSR count). The first-order valence-electron chi connectivity index (χ1n) is 8.61. The topological polar surface area (TPSA) is 38.3 Å². The number of ether oxygens (including phenoxy) is 1. The monoisotopic (exact) mass is 293 g/mol. The van der Waals surface area contributed by atoms with E-state index in [1.54, 1.807) is 6.26 Å². The molecule has 0 radical (unpaired) electrons. The maximum atomic E-state index is 12.5. The minimum atomic E-state index is -0.118. The third-order valence-corrected chi connectivity index (χ3v) is 5.11. The van der Waals surface area contributed by atoms with Crippen molar-refractivity contribution in [2.45, 2.75) is 71.9 Å². The summed E-state index contributed by atoms with van der Waals surface area (Å²) < 4.78 is 5.36. The largest absolute Gasteiger partial charge is 0.497 e. The lowest BCUT2D eigenvalue weighted by molar-refractivity contribution is -0.127. The molecular formula is C18H31NO2. The molecule has 0 aromatic heterocycles. The molecule has 3 nitrogen and oxygen atoms in total. The van der Waals surface area contributed by atoms with Gasteiger partial charge in [0.05, 0.1) is 12.2 Å². The minimum absolute atomic E-state index is 0.0277. The summed E-state index contributed by atoms with van der Waals surface area (Å²) in [6, 6.07) is 0.348. The van der Waals surface area contributed by atoms with Gasteiger partial charge in [0.25, 0.3) is 0 Å². The smallest absolute Gasteiger partial charge is 0.231 e. The molecule has 1 saturated carbocycles. The van der Waals surface area contributed by atoms with Gasteiger partial charge in [0, 0.05) is 6.04 Å². The van der Waals surface area contributed by atoms with Gasteiger partial charge in [-0.15, -0.1) is 0 Å². The van der Waals surface area contributed by atoms with Gasteiger partial charge in [-0.25, -0.2) is 0 Å². The van der Waals surface area contributed by atoms with Gasteiger partial charge in [0.15, 0.2) is 0 Å². The van der Waals surface area contributed by atoms with E-state index in [2.05, 4.69) is 26.1 Å². The summed E-state index contributed by atoms with van der Waals surface area (Å²) in [5, 5.41) is 3.33. The van der Waals surface area contributed by atoms with Gasteiger partial charge < -0.3 is 10.1 Å². The highest BCUT2D eigenvalue weighted by Crippen LogP contribution is 2.34. The van der Waals surface area contributed by atoms with E-state index in [0.29, 0.717) is 17.9 Å². The maximum Gasteiger partial charge on any atom is 0.231 e. The molecule has 0 bridgehead atoms. The Hall–Kier alpha value is -0.990. The maximum absolute atomic E-state index is 12.5. The Morgan fingerprint density at radius 1 is 1.29 bits per heavy atom. The van der Waals surface area contributed by atoms with Crippen LogP contribution in [0.5, 0.6) is 0 Å². The summed E-state index contributed by atoms with van der Waals surface area (Å²) >= 11 is 0. The second kappa shape index (κ2) is 7.33. The molecule has 1 heterocycles. The second-order valence-electron chi connectivity index (χ2n) is 7.37. The molecule has 3 heteroatoms. The number of rotatable bonds is 5. The molecule has 1 N–H and O–H groups in total. The van der Waals surface area contributed by atoms with Crippen molar-refractivity contribution in [3.8, 4) is 0 Å². The van der Waals surface area contributed by atoms with Crippen molar-refractivity contribution in [3.05, 3.63) is 12.3 Å². The fourth-order valence-corrected chi connectivity index (χ4v) is 4.01. The van der Waals surface area contributed by atoms with Crippen molar-refractivity contribution < 1.29 is 9.53 Å². The van der Waals surface area contributed by atoms with Crippen molar-refractivity contribution >= 4 is 5.91 Å². The zero-order valence-corrected chi connectivity index (χ0v) is 14.0.